The summed E-state index contributed by atoms with van der Waals surface area (Å²) in [5.41, 5.74) is -3.07. The second kappa shape index (κ2) is 14.1. The molecule has 4 unspecified atom stereocenters. The van der Waals surface area contributed by atoms with E-state index in [1.807, 2.05) is 44.2 Å². The van der Waals surface area contributed by atoms with Gasteiger partial charge in [-0.2, -0.15) is 0 Å². The van der Waals surface area contributed by atoms with Crippen LogP contribution in [0.2, 0.25) is 0 Å². The summed E-state index contributed by atoms with van der Waals surface area (Å²) in [7, 11) is 2.60. The van der Waals surface area contributed by atoms with Crippen LogP contribution in [0.3, 0.4) is 0 Å². The van der Waals surface area contributed by atoms with Crippen LogP contribution >= 0.6 is 21.6 Å². The van der Waals surface area contributed by atoms with Gasteiger partial charge in [-0.1, -0.05) is 85.2 Å². The first-order valence-electron chi connectivity index (χ1n) is 13.3. The quantitative estimate of drug-likeness (QED) is 0.154. The van der Waals surface area contributed by atoms with Crippen LogP contribution in [-0.2, 0) is 19.1 Å². The third-order valence-electron chi connectivity index (χ3n) is 6.68. The van der Waals surface area contributed by atoms with Crippen LogP contribution in [0.15, 0.2) is 65.6 Å². The van der Waals surface area contributed by atoms with Crippen LogP contribution < -0.4 is 10.6 Å². The van der Waals surface area contributed by atoms with Crippen molar-refractivity contribution < 1.29 is 29.0 Å². The Bertz CT molecular complexity index is 1170. The molecule has 0 saturated carbocycles. The van der Waals surface area contributed by atoms with Crippen LogP contribution in [0, 0.1) is 5.92 Å². The fourth-order valence-corrected chi connectivity index (χ4v) is 6.83. The highest BCUT2D eigenvalue weighted by Gasteiger charge is 2.63. The lowest BCUT2D eigenvalue weighted by atomic mass is 9.80. The summed E-state index contributed by atoms with van der Waals surface area (Å²) in [5, 5.41) is 15.3. The fraction of sp³-hybridized carbons (Fsp3) is 0.467. The number of hydrogen-bond donors (Lipinski definition) is 3. The molecule has 2 amide bonds. The molecule has 0 radical (unpaired) electrons. The summed E-state index contributed by atoms with van der Waals surface area (Å²) in [5.74, 6) is -4.26. The molecule has 2 rings (SSSR count). The van der Waals surface area contributed by atoms with Crippen LogP contribution in [0.5, 0.6) is 0 Å². The van der Waals surface area contributed by atoms with E-state index in [1.54, 1.807) is 65.0 Å². The SMILES string of the molecule is CCC(C)C(NC(=O)C(NC(=O)c1ccccc1)(C(=O)OC(C)(C)C)C(C)(CC)SSc1ccccc1)C(=O)O. The first-order chi connectivity index (χ1) is 18.7. The van der Waals surface area contributed by atoms with Crippen molar-refractivity contribution in [2.24, 2.45) is 5.92 Å². The molecule has 0 aliphatic heterocycles. The number of aliphatic carboxylic acids is 1. The van der Waals surface area contributed by atoms with Gasteiger partial charge in [0.15, 0.2) is 0 Å². The normalized spacial score (nSPS) is 16.0. The average molecular weight is 589 g/mol. The number of ether oxygens (including phenoxy) is 1. The second-order valence-corrected chi connectivity index (χ2v) is 13.5. The number of carboxylic acids is 1. The van der Waals surface area contributed by atoms with E-state index in [2.05, 4.69) is 10.6 Å². The summed E-state index contributed by atoms with van der Waals surface area (Å²) in [6.07, 6.45) is 0.719. The number of hydrogen-bond acceptors (Lipinski definition) is 7. The predicted molar refractivity (Wildman–Crippen MR) is 160 cm³/mol. The Morgan fingerprint density at radius 2 is 1.48 bits per heavy atom. The summed E-state index contributed by atoms with van der Waals surface area (Å²) in [6.45, 7) is 12.0. The lowest BCUT2D eigenvalue weighted by Gasteiger charge is -2.45. The maximum absolute atomic E-state index is 14.4. The van der Waals surface area contributed by atoms with E-state index in [4.69, 9.17) is 4.74 Å². The molecule has 0 aliphatic carbocycles. The first kappa shape index (κ1) is 33.2. The molecule has 4 atom stereocenters. The van der Waals surface area contributed by atoms with Gasteiger partial charge in [0.05, 0.1) is 4.75 Å². The third-order valence-corrected chi connectivity index (χ3v) is 10.1. The molecular formula is C30H40N2O6S2. The summed E-state index contributed by atoms with van der Waals surface area (Å²) in [4.78, 5) is 55.4. The Balaban J connectivity index is 2.76. The maximum atomic E-state index is 14.4. The zero-order valence-corrected chi connectivity index (χ0v) is 25.8. The van der Waals surface area contributed by atoms with E-state index in [1.165, 1.54) is 21.6 Å². The molecule has 2 aromatic rings. The van der Waals surface area contributed by atoms with Gasteiger partial charge >= 0.3 is 11.9 Å². The Morgan fingerprint density at radius 3 is 1.95 bits per heavy atom. The van der Waals surface area contributed by atoms with Crippen LogP contribution in [0.25, 0.3) is 0 Å². The van der Waals surface area contributed by atoms with E-state index in [9.17, 15) is 24.3 Å². The number of benzene rings is 2. The predicted octanol–water partition coefficient (Wildman–Crippen LogP) is 5.72. The van der Waals surface area contributed by atoms with Crippen molar-refractivity contribution in [3.05, 3.63) is 66.2 Å². The molecule has 0 aromatic heterocycles. The highest BCUT2D eigenvalue weighted by molar-refractivity contribution is 8.77. The smallest absolute Gasteiger partial charge is 0.343 e. The van der Waals surface area contributed by atoms with Crippen molar-refractivity contribution in [3.63, 3.8) is 0 Å². The number of carbonyl (C=O) groups is 4. The molecule has 0 aliphatic rings. The number of carboxylic acid groups (broad SMARTS) is 1. The molecule has 10 heteroatoms. The van der Waals surface area contributed by atoms with Gasteiger partial charge in [-0.15, -0.1) is 0 Å². The molecule has 0 spiro atoms. The molecular weight excluding hydrogens is 548 g/mol. The van der Waals surface area contributed by atoms with Gasteiger partial charge in [-0.25, -0.2) is 9.59 Å². The van der Waals surface area contributed by atoms with Crippen LogP contribution in [-0.4, -0.2) is 50.8 Å². The third kappa shape index (κ3) is 8.04. The number of esters is 1. The Morgan fingerprint density at radius 1 is 0.925 bits per heavy atom. The van der Waals surface area contributed by atoms with Gasteiger partial charge < -0.3 is 20.5 Å². The number of nitrogens with one attached hydrogen (secondary N) is 2. The molecule has 0 heterocycles. The first-order valence-corrected chi connectivity index (χ1v) is 15.4. The minimum Gasteiger partial charge on any atom is -0.480 e. The van der Waals surface area contributed by atoms with Crippen molar-refractivity contribution in [2.45, 2.75) is 88.1 Å². The van der Waals surface area contributed by atoms with Crippen molar-refractivity contribution in [1.29, 1.82) is 0 Å². The molecule has 40 heavy (non-hydrogen) atoms. The number of carbonyl (C=O) groups excluding carboxylic acids is 3. The Kier molecular flexibility index (Phi) is 11.7. The maximum Gasteiger partial charge on any atom is 0.343 e. The molecule has 218 valence electrons. The highest BCUT2D eigenvalue weighted by atomic mass is 33.1. The molecule has 0 bridgehead atoms. The summed E-state index contributed by atoms with van der Waals surface area (Å²) >= 11 is 0. The molecule has 2 aromatic carbocycles. The largest absolute Gasteiger partial charge is 0.480 e. The van der Waals surface area contributed by atoms with Gasteiger partial charge in [0.25, 0.3) is 11.8 Å². The molecule has 0 fully saturated rings. The van der Waals surface area contributed by atoms with Crippen molar-refractivity contribution in [1.82, 2.24) is 10.6 Å². The zero-order valence-electron chi connectivity index (χ0n) is 24.1. The topological polar surface area (TPSA) is 122 Å². The van der Waals surface area contributed by atoms with Gasteiger partial charge in [0.2, 0.25) is 5.54 Å². The highest BCUT2D eigenvalue weighted by Crippen LogP contribution is 2.49. The number of amides is 2. The average Bonchev–Trinajstić information content (AvgIpc) is 2.92. The Labute approximate surface area is 244 Å². The lowest BCUT2D eigenvalue weighted by molar-refractivity contribution is -0.168. The summed E-state index contributed by atoms with van der Waals surface area (Å²) in [6, 6.07) is 16.4. The van der Waals surface area contributed by atoms with E-state index < -0.39 is 51.6 Å². The van der Waals surface area contributed by atoms with Crippen molar-refractivity contribution in [3.8, 4) is 0 Å². The molecule has 0 saturated heterocycles. The van der Waals surface area contributed by atoms with Crippen molar-refractivity contribution in [2.75, 3.05) is 0 Å². The van der Waals surface area contributed by atoms with Gasteiger partial charge in [-0.3, -0.25) is 9.59 Å². The van der Waals surface area contributed by atoms with Gasteiger partial charge in [0.1, 0.15) is 11.6 Å². The Hall–Kier alpha value is -2.98. The van der Waals surface area contributed by atoms with Gasteiger partial charge in [-0.05, 0) is 64.3 Å². The lowest BCUT2D eigenvalue weighted by Crippen LogP contribution is -2.75. The minimum absolute atomic E-state index is 0.235. The standard InChI is InChI=1S/C30H40N2O6S2/c1-8-20(3)23(25(34)35)31-26(36)30(27(37)38-28(4,5)6,32-24(33)21-16-12-10-13-17-21)29(7,9-2)40-39-22-18-14-11-15-19-22/h10-20,23H,8-9H2,1-7H3,(H,31,36)(H,32,33)(H,34,35). The molecule has 8 nitrogen and oxygen atoms in total. The van der Waals surface area contributed by atoms with E-state index in [-0.39, 0.29) is 12.0 Å². The second-order valence-electron chi connectivity index (χ2n) is 10.8. The fourth-order valence-electron chi connectivity index (χ4n) is 3.91. The minimum atomic E-state index is -2.30. The van der Waals surface area contributed by atoms with Crippen LogP contribution in [0.1, 0.15) is 71.7 Å². The monoisotopic (exact) mass is 588 g/mol. The van der Waals surface area contributed by atoms with E-state index >= 15 is 0 Å². The molecule has 3 N–H and O–H groups in total. The summed E-state index contributed by atoms with van der Waals surface area (Å²) < 4.78 is 4.52. The van der Waals surface area contributed by atoms with Gasteiger partial charge in [0, 0.05) is 10.5 Å². The zero-order chi connectivity index (χ0) is 30.1. The van der Waals surface area contributed by atoms with E-state index in [0.29, 0.717) is 6.42 Å². The van der Waals surface area contributed by atoms with Crippen molar-refractivity contribution >= 4 is 45.3 Å². The van der Waals surface area contributed by atoms with E-state index in [0.717, 1.165) is 4.90 Å². The number of rotatable bonds is 13. The van der Waals surface area contributed by atoms with Crippen LogP contribution in [0.4, 0.5) is 0 Å².